The lowest BCUT2D eigenvalue weighted by molar-refractivity contribution is -0.118. The molecule has 1 aromatic rings. The topological polar surface area (TPSA) is 97.5 Å². The fourth-order valence-corrected chi connectivity index (χ4v) is 2.25. The molecule has 0 saturated carbocycles. The predicted molar refractivity (Wildman–Crippen MR) is 73.0 cm³/mol. The Kier molecular flexibility index (Phi) is 3.98. The van der Waals surface area contributed by atoms with Crippen LogP contribution >= 0.6 is 0 Å². The van der Waals surface area contributed by atoms with Crippen molar-refractivity contribution in [3.05, 3.63) is 41.0 Å². The van der Waals surface area contributed by atoms with Crippen LogP contribution in [0, 0.1) is 0 Å². The molecular formula is C15H15NO4. The second kappa shape index (κ2) is 5.69. The van der Waals surface area contributed by atoms with Gasteiger partial charge in [0.05, 0.1) is 0 Å². The maximum absolute atomic E-state index is 12.0. The molecule has 20 heavy (non-hydrogen) atoms. The number of fused-ring (bicyclic) bond motifs is 1. The summed E-state index contributed by atoms with van der Waals surface area (Å²) in [5.74, 6) is -1.80. The van der Waals surface area contributed by atoms with E-state index in [9.17, 15) is 19.5 Å². The average molecular weight is 273 g/mol. The van der Waals surface area contributed by atoms with Gasteiger partial charge in [0.25, 0.3) is 0 Å². The Morgan fingerprint density at radius 3 is 2.35 bits per heavy atom. The van der Waals surface area contributed by atoms with Crippen LogP contribution in [0.1, 0.15) is 41.6 Å². The Morgan fingerprint density at radius 1 is 1.05 bits per heavy atom. The first-order valence-corrected chi connectivity index (χ1v) is 6.41. The molecule has 1 aliphatic rings. The summed E-state index contributed by atoms with van der Waals surface area (Å²) in [5.41, 5.74) is 5.78. The highest BCUT2D eigenvalue weighted by Crippen LogP contribution is 2.30. The van der Waals surface area contributed by atoms with Crippen LogP contribution in [0.3, 0.4) is 0 Å². The van der Waals surface area contributed by atoms with Gasteiger partial charge in [-0.15, -0.1) is 0 Å². The Morgan fingerprint density at radius 2 is 1.70 bits per heavy atom. The van der Waals surface area contributed by atoms with Crippen molar-refractivity contribution in [2.24, 2.45) is 5.73 Å². The van der Waals surface area contributed by atoms with Gasteiger partial charge in [0, 0.05) is 23.1 Å². The number of carbonyl (C=O) groups excluding carboxylic acids is 3. The molecule has 0 atom stereocenters. The number of amides is 1. The molecule has 1 aromatic carbocycles. The molecule has 5 nitrogen and oxygen atoms in total. The number of aliphatic hydroxyl groups excluding tert-OH is 1. The minimum atomic E-state index is -0.666. The minimum absolute atomic E-state index is 0.123. The van der Waals surface area contributed by atoms with Gasteiger partial charge in [-0.25, -0.2) is 0 Å². The molecule has 0 unspecified atom stereocenters. The number of hydrogen-bond donors (Lipinski definition) is 2. The monoisotopic (exact) mass is 273 g/mol. The van der Waals surface area contributed by atoms with Gasteiger partial charge >= 0.3 is 0 Å². The Balaban J connectivity index is 2.21. The molecule has 1 amide bonds. The third-order valence-electron chi connectivity index (χ3n) is 3.29. The first-order valence-electron chi connectivity index (χ1n) is 6.41. The predicted octanol–water partition coefficient (Wildman–Crippen LogP) is 1.77. The van der Waals surface area contributed by atoms with E-state index in [1.165, 1.54) is 6.07 Å². The number of ketones is 2. The molecule has 0 aliphatic heterocycles. The summed E-state index contributed by atoms with van der Waals surface area (Å²) in [4.78, 5) is 34.5. The van der Waals surface area contributed by atoms with Crippen molar-refractivity contribution in [2.45, 2.75) is 25.7 Å². The minimum Gasteiger partial charge on any atom is -0.507 e. The highest BCUT2D eigenvalue weighted by atomic mass is 16.3. The zero-order chi connectivity index (χ0) is 14.7. The standard InChI is InChI=1S/C15H15NO4/c16-12(17)8-4-3-7-11-13(18)9-5-1-2-6-10(9)14(19)15(11)20/h1-2,5-6,18H,3-4,7-8H2,(H2,16,17). The third kappa shape index (κ3) is 2.61. The summed E-state index contributed by atoms with van der Waals surface area (Å²) in [7, 11) is 0. The maximum atomic E-state index is 12.0. The van der Waals surface area contributed by atoms with E-state index in [-0.39, 0.29) is 29.7 Å². The molecule has 0 aromatic heterocycles. The lowest BCUT2D eigenvalue weighted by Gasteiger charge is -2.17. The number of Topliss-reactive ketones (excluding diaryl/α,β-unsaturated/α-hetero) is 2. The van der Waals surface area contributed by atoms with E-state index in [1.807, 2.05) is 0 Å². The van der Waals surface area contributed by atoms with Gasteiger partial charge in [-0.2, -0.15) is 0 Å². The second-order valence-corrected chi connectivity index (χ2v) is 4.70. The molecule has 0 heterocycles. The van der Waals surface area contributed by atoms with Crippen molar-refractivity contribution in [1.82, 2.24) is 0 Å². The lowest BCUT2D eigenvalue weighted by atomic mass is 9.86. The zero-order valence-corrected chi connectivity index (χ0v) is 10.9. The molecule has 0 fully saturated rings. The number of unbranched alkanes of at least 4 members (excludes halogenated alkanes) is 1. The average Bonchev–Trinajstić information content (AvgIpc) is 2.44. The van der Waals surface area contributed by atoms with Crippen LogP contribution in [0.4, 0.5) is 0 Å². The van der Waals surface area contributed by atoms with Crippen molar-refractivity contribution >= 4 is 23.2 Å². The summed E-state index contributed by atoms with van der Waals surface area (Å²) in [5, 5.41) is 10.1. The number of aliphatic hydroxyl groups is 1. The van der Waals surface area contributed by atoms with Crippen molar-refractivity contribution in [3.63, 3.8) is 0 Å². The van der Waals surface area contributed by atoms with Crippen LogP contribution in [0.2, 0.25) is 0 Å². The van der Waals surface area contributed by atoms with Gasteiger partial charge in [0.15, 0.2) is 0 Å². The van der Waals surface area contributed by atoms with Gasteiger partial charge in [0.1, 0.15) is 5.76 Å². The summed E-state index contributed by atoms with van der Waals surface area (Å²) in [6.45, 7) is 0. The number of rotatable bonds is 5. The number of allylic oxidation sites excluding steroid dienone is 1. The van der Waals surface area contributed by atoms with E-state index >= 15 is 0 Å². The first kappa shape index (κ1) is 14.0. The summed E-state index contributed by atoms with van der Waals surface area (Å²) >= 11 is 0. The summed E-state index contributed by atoms with van der Waals surface area (Å²) in [6.07, 6.45) is 1.53. The molecule has 0 radical (unpaired) electrons. The zero-order valence-electron chi connectivity index (χ0n) is 10.9. The lowest BCUT2D eigenvalue weighted by Crippen LogP contribution is -2.24. The van der Waals surface area contributed by atoms with Crippen molar-refractivity contribution < 1.29 is 19.5 Å². The first-order chi connectivity index (χ1) is 9.52. The van der Waals surface area contributed by atoms with E-state index in [2.05, 4.69) is 0 Å². The van der Waals surface area contributed by atoms with Crippen LogP contribution in [0.15, 0.2) is 29.8 Å². The number of nitrogens with two attached hydrogens (primary N) is 1. The summed E-state index contributed by atoms with van der Waals surface area (Å²) < 4.78 is 0. The molecule has 104 valence electrons. The Bertz CT molecular complexity index is 616. The largest absolute Gasteiger partial charge is 0.507 e. The second-order valence-electron chi connectivity index (χ2n) is 4.70. The van der Waals surface area contributed by atoms with Crippen LogP contribution in [-0.4, -0.2) is 22.6 Å². The molecule has 2 rings (SSSR count). The number of carbonyl (C=O) groups is 3. The Hall–Kier alpha value is -2.43. The summed E-state index contributed by atoms with van der Waals surface area (Å²) in [6, 6.07) is 6.48. The van der Waals surface area contributed by atoms with Crippen LogP contribution < -0.4 is 5.73 Å². The van der Waals surface area contributed by atoms with E-state index in [1.54, 1.807) is 18.2 Å². The van der Waals surface area contributed by atoms with Gasteiger partial charge in [0.2, 0.25) is 17.5 Å². The van der Waals surface area contributed by atoms with E-state index in [4.69, 9.17) is 5.73 Å². The number of hydrogen-bond acceptors (Lipinski definition) is 4. The van der Waals surface area contributed by atoms with Gasteiger partial charge in [-0.1, -0.05) is 24.3 Å². The van der Waals surface area contributed by atoms with Crippen LogP contribution in [0.25, 0.3) is 5.76 Å². The van der Waals surface area contributed by atoms with Gasteiger partial charge in [-0.3, -0.25) is 14.4 Å². The van der Waals surface area contributed by atoms with Crippen molar-refractivity contribution in [2.75, 3.05) is 0 Å². The molecule has 0 spiro atoms. The maximum Gasteiger partial charge on any atom is 0.234 e. The Labute approximate surface area is 116 Å². The quantitative estimate of drug-likeness (QED) is 0.631. The van der Waals surface area contributed by atoms with E-state index in [0.717, 1.165) is 0 Å². The molecule has 3 N–H and O–H groups in total. The molecule has 0 bridgehead atoms. The fraction of sp³-hybridized carbons (Fsp3) is 0.267. The highest BCUT2D eigenvalue weighted by molar-refractivity contribution is 6.52. The van der Waals surface area contributed by atoms with Crippen molar-refractivity contribution in [3.8, 4) is 0 Å². The number of primary amides is 1. The van der Waals surface area contributed by atoms with Crippen molar-refractivity contribution in [1.29, 1.82) is 0 Å². The van der Waals surface area contributed by atoms with E-state index in [0.29, 0.717) is 18.4 Å². The third-order valence-corrected chi connectivity index (χ3v) is 3.29. The SMILES string of the molecule is NC(=O)CCCCC1=C(O)c2ccccc2C(=O)C1=O. The van der Waals surface area contributed by atoms with Crippen LogP contribution in [-0.2, 0) is 9.59 Å². The van der Waals surface area contributed by atoms with Crippen LogP contribution in [0.5, 0.6) is 0 Å². The molecule has 1 aliphatic carbocycles. The number of benzene rings is 1. The normalized spacial score (nSPS) is 14.4. The molecule has 5 heteroatoms. The molecule has 0 saturated heterocycles. The van der Waals surface area contributed by atoms with Gasteiger partial charge in [-0.05, 0) is 19.3 Å². The molecular weight excluding hydrogens is 258 g/mol. The van der Waals surface area contributed by atoms with E-state index < -0.39 is 17.5 Å². The smallest absolute Gasteiger partial charge is 0.234 e. The van der Waals surface area contributed by atoms with Gasteiger partial charge < -0.3 is 10.8 Å². The fourth-order valence-electron chi connectivity index (χ4n) is 2.25. The highest BCUT2D eigenvalue weighted by Gasteiger charge is 2.31.